The Bertz CT molecular complexity index is 853. The molecule has 4 unspecified atom stereocenters. The van der Waals surface area contributed by atoms with Crippen LogP contribution in [-0.2, 0) is 0 Å². The van der Waals surface area contributed by atoms with Crippen molar-refractivity contribution in [2.45, 2.75) is 25.1 Å². The molecule has 1 N–H and O–H groups in total. The number of hydrogen-bond acceptors (Lipinski definition) is 3. The van der Waals surface area contributed by atoms with Gasteiger partial charge in [-0.05, 0) is 54.9 Å². The minimum atomic E-state index is -4.65. The van der Waals surface area contributed by atoms with Crippen LogP contribution in [0.15, 0.2) is 66.7 Å². The van der Waals surface area contributed by atoms with Gasteiger partial charge in [0.05, 0.1) is 6.54 Å². The van der Waals surface area contributed by atoms with Crippen LogP contribution in [0.25, 0.3) is 0 Å². The van der Waals surface area contributed by atoms with E-state index >= 15 is 0 Å². The number of fused-ring (bicyclic) bond motifs is 2. The Morgan fingerprint density at radius 3 is 2.41 bits per heavy atom. The number of allylic oxidation sites excluding steroid dienone is 2. The maximum absolute atomic E-state index is 13.0. The summed E-state index contributed by atoms with van der Waals surface area (Å²) in [5, 5.41) is 9.72. The second-order valence-corrected chi connectivity index (χ2v) is 7.92. The zero-order valence-corrected chi connectivity index (χ0v) is 15.9. The van der Waals surface area contributed by atoms with Gasteiger partial charge in [0.15, 0.2) is 6.10 Å². The molecule has 4 atom stereocenters. The average Bonchev–Trinajstić information content (AvgIpc) is 3.31. The van der Waals surface area contributed by atoms with Crippen LogP contribution < -0.4 is 9.64 Å². The summed E-state index contributed by atoms with van der Waals surface area (Å²) < 4.78 is 45.0. The number of hydrogen-bond donors (Lipinski definition) is 1. The fraction of sp³-hybridized carbons (Fsp3) is 0.391. The molecule has 29 heavy (non-hydrogen) atoms. The highest BCUT2D eigenvalue weighted by atomic mass is 19.4. The van der Waals surface area contributed by atoms with E-state index in [1.807, 2.05) is 30.3 Å². The molecule has 2 aromatic rings. The van der Waals surface area contributed by atoms with E-state index in [9.17, 15) is 18.3 Å². The van der Waals surface area contributed by atoms with Crippen LogP contribution in [0.3, 0.4) is 0 Å². The highest BCUT2D eigenvalue weighted by Gasteiger charge is 2.41. The van der Waals surface area contributed by atoms with Crippen molar-refractivity contribution in [1.82, 2.24) is 0 Å². The van der Waals surface area contributed by atoms with Gasteiger partial charge in [0.2, 0.25) is 0 Å². The monoisotopic (exact) mass is 403 g/mol. The van der Waals surface area contributed by atoms with E-state index in [1.54, 1.807) is 29.2 Å². The lowest BCUT2D eigenvalue weighted by Gasteiger charge is -2.32. The molecule has 0 aromatic heterocycles. The molecule has 154 valence electrons. The third-order valence-electron chi connectivity index (χ3n) is 5.80. The molecule has 0 amide bonds. The number of aliphatic hydroxyl groups is 1. The molecule has 0 radical (unpaired) electrons. The summed E-state index contributed by atoms with van der Waals surface area (Å²) >= 11 is 0. The van der Waals surface area contributed by atoms with E-state index in [0.29, 0.717) is 41.5 Å². The van der Waals surface area contributed by atoms with Gasteiger partial charge in [0.25, 0.3) is 0 Å². The maximum atomic E-state index is 13.0. The molecule has 3 nitrogen and oxygen atoms in total. The Kier molecular flexibility index (Phi) is 5.54. The van der Waals surface area contributed by atoms with Crippen molar-refractivity contribution in [2.75, 3.05) is 18.0 Å². The van der Waals surface area contributed by atoms with E-state index in [0.717, 1.165) is 12.8 Å². The Morgan fingerprint density at radius 1 is 1.00 bits per heavy atom. The van der Waals surface area contributed by atoms with Crippen molar-refractivity contribution in [2.24, 2.45) is 17.8 Å². The summed E-state index contributed by atoms with van der Waals surface area (Å²) in [4.78, 5) is 1.65. The first kappa shape index (κ1) is 19.8. The molecule has 2 aliphatic carbocycles. The van der Waals surface area contributed by atoms with Gasteiger partial charge < -0.3 is 14.7 Å². The van der Waals surface area contributed by atoms with Crippen LogP contribution in [0.4, 0.5) is 18.9 Å². The zero-order valence-electron chi connectivity index (χ0n) is 15.9. The minimum Gasteiger partial charge on any atom is -0.457 e. The van der Waals surface area contributed by atoms with Crippen molar-refractivity contribution in [3.63, 3.8) is 0 Å². The predicted octanol–water partition coefficient (Wildman–Crippen LogP) is 5.42. The fourth-order valence-electron chi connectivity index (χ4n) is 4.35. The van der Waals surface area contributed by atoms with Crippen LogP contribution in [-0.4, -0.2) is 30.5 Å². The molecule has 4 rings (SSSR count). The third-order valence-corrected chi connectivity index (χ3v) is 5.80. The number of halogens is 3. The number of aliphatic hydroxyl groups excluding tert-OH is 1. The molecule has 2 bridgehead atoms. The second-order valence-electron chi connectivity index (χ2n) is 7.92. The van der Waals surface area contributed by atoms with Gasteiger partial charge in [0.1, 0.15) is 11.5 Å². The number of ether oxygens (including phenoxy) is 1. The first-order chi connectivity index (χ1) is 13.9. The molecule has 0 aliphatic heterocycles. The lowest BCUT2D eigenvalue weighted by Crippen LogP contribution is -2.43. The van der Waals surface area contributed by atoms with Crippen LogP contribution in [0.1, 0.15) is 12.8 Å². The Hall–Kier alpha value is -2.47. The molecular formula is C23H24F3NO2. The predicted molar refractivity (Wildman–Crippen MR) is 106 cm³/mol. The average molecular weight is 403 g/mol. The van der Waals surface area contributed by atoms with Crippen LogP contribution in [0, 0.1) is 17.8 Å². The normalized spacial score (nSPS) is 23.9. The van der Waals surface area contributed by atoms with Crippen LogP contribution >= 0.6 is 0 Å². The van der Waals surface area contributed by atoms with E-state index in [2.05, 4.69) is 12.2 Å². The number of para-hydroxylation sites is 1. The SMILES string of the molecule is OC(CN(CC1CC2C=CC1C2)c1cccc(Oc2ccccc2)c1)C(F)(F)F. The lowest BCUT2D eigenvalue weighted by molar-refractivity contribution is -0.200. The fourth-order valence-corrected chi connectivity index (χ4v) is 4.35. The summed E-state index contributed by atoms with van der Waals surface area (Å²) in [7, 11) is 0. The van der Waals surface area contributed by atoms with Gasteiger partial charge in [-0.1, -0.05) is 36.4 Å². The van der Waals surface area contributed by atoms with Crippen LogP contribution in [0.5, 0.6) is 11.5 Å². The Morgan fingerprint density at radius 2 is 1.76 bits per heavy atom. The molecule has 1 fully saturated rings. The minimum absolute atomic E-state index is 0.295. The number of rotatable bonds is 7. The quantitative estimate of drug-likeness (QED) is 0.627. The van der Waals surface area contributed by atoms with Crippen molar-refractivity contribution >= 4 is 5.69 Å². The molecule has 0 saturated heterocycles. The zero-order chi connectivity index (χ0) is 20.4. The molecule has 2 aromatic carbocycles. The molecular weight excluding hydrogens is 379 g/mol. The van der Waals surface area contributed by atoms with Gasteiger partial charge in [-0.3, -0.25) is 0 Å². The van der Waals surface area contributed by atoms with Gasteiger partial charge in [-0.25, -0.2) is 0 Å². The highest BCUT2D eigenvalue weighted by molar-refractivity contribution is 5.52. The smallest absolute Gasteiger partial charge is 0.416 e. The summed E-state index contributed by atoms with van der Waals surface area (Å²) in [6, 6.07) is 16.3. The number of nitrogens with zero attached hydrogens (tertiary/aromatic N) is 1. The first-order valence-electron chi connectivity index (χ1n) is 9.89. The third kappa shape index (κ3) is 4.75. The van der Waals surface area contributed by atoms with Gasteiger partial charge in [-0.2, -0.15) is 13.2 Å². The summed E-state index contributed by atoms with van der Waals surface area (Å²) in [5.41, 5.74) is 0.619. The molecule has 6 heteroatoms. The Labute approximate surface area is 168 Å². The van der Waals surface area contributed by atoms with E-state index in [1.165, 1.54) is 0 Å². The summed E-state index contributed by atoms with van der Waals surface area (Å²) in [5.74, 6) is 2.45. The standard InChI is InChI=1S/C23H24F3NO2/c24-23(25,26)22(28)15-27(14-18-12-16-9-10-17(18)11-16)19-5-4-8-21(13-19)29-20-6-2-1-3-7-20/h1-10,13,16-18,22,28H,11-12,14-15H2. The first-order valence-corrected chi connectivity index (χ1v) is 9.89. The summed E-state index contributed by atoms with van der Waals surface area (Å²) in [6.45, 7) is -0.0106. The van der Waals surface area contributed by atoms with Gasteiger partial charge in [0, 0.05) is 18.3 Å². The van der Waals surface area contributed by atoms with Gasteiger partial charge in [-0.15, -0.1) is 0 Å². The largest absolute Gasteiger partial charge is 0.457 e. The lowest BCUT2D eigenvalue weighted by atomic mass is 9.92. The van der Waals surface area contributed by atoms with E-state index in [-0.39, 0.29) is 0 Å². The molecule has 1 saturated carbocycles. The maximum Gasteiger partial charge on any atom is 0.416 e. The Balaban J connectivity index is 1.54. The van der Waals surface area contributed by atoms with E-state index in [4.69, 9.17) is 4.74 Å². The number of alkyl halides is 3. The van der Waals surface area contributed by atoms with Crippen LogP contribution in [0.2, 0.25) is 0 Å². The van der Waals surface area contributed by atoms with Crippen molar-refractivity contribution < 1.29 is 23.0 Å². The number of benzene rings is 2. The van der Waals surface area contributed by atoms with E-state index < -0.39 is 18.8 Å². The van der Waals surface area contributed by atoms with Crippen molar-refractivity contribution in [3.05, 3.63) is 66.7 Å². The summed E-state index contributed by atoms with van der Waals surface area (Å²) in [6.07, 6.45) is -0.575. The van der Waals surface area contributed by atoms with Crippen molar-refractivity contribution in [3.8, 4) is 11.5 Å². The topological polar surface area (TPSA) is 32.7 Å². The number of anilines is 1. The molecule has 0 heterocycles. The second kappa shape index (κ2) is 8.11. The van der Waals surface area contributed by atoms with Crippen molar-refractivity contribution in [1.29, 1.82) is 0 Å². The molecule has 2 aliphatic rings. The highest BCUT2D eigenvalue weighted by Crippen LogP contribution is 2.44. The van der Waals surface area contributed by atoms with Gasteiger partial charge >= 0.3 is 6.18 Å². The molecule has 0 spiro atoms.